The monoisotopic (exact) mass is 355 g/mol. The van der Waals surface area contributed by atoms with E-state index in [0.29, 0.717) is 19.1 Å². The molecule has 1 aromatic heterocycles. The van der Waals surface area contributed by atoms with Crippen LogP contribution in [0.1, 0.15) is 25.5 Å². The first-order valence-electron chi connectivity index (χ1n) is 9.34. The predicted octanol–water partition coefficient (Wildman–Crippen LogP) is 3.82. The fourth-order valence-corrected chi connectivity index (χ4v) is 3.15. The van der Waals surface area contributed by atoms with Crippen molar-refractivity contribution in [2.45, 2.75) is 26.7 Å². The number of anilines is 4. The number of aromatic nitrogens is 2. The minimum Gasteiger partial charge on any atom is -0.383 e. The van der Waals surface area contributed by atoms with Crippen LogP contribution in [0, 0.1) is 12.8 Å². The second-order valence-electron chi connectivity index (χ2n) is 6.98. The first-order valence-corrected chi connectivity index (χ1v) is 9.34. The van der Waals surface area contributed by atoms with Gasteiger partial charge < -0.3 is 20.3 Å². The van der Waals surface area contributed by atoms with E-state index in [9.17, 15) is 0 Å². The summed E-state index contributed by atoms with van der Waals surface area (Å²) in [7, 11) is 1.68. The van der Waals surface area contributed by atoms with Crippen molar-refractivity contribution in [2.75, 3.05) is 48.9 Å². The van der Waals surface area contributed by atoms with Gasteiger partial charge in [0.1, 0.15) is 5.82 Å². The molecule has 0 spiro atoms. The van der Waals surface area contributed by atoms with E-state index in [4.69, 9.17) is 4.74 Å². The highest BCUT2D eigenvalue weighted by molar-refractivity contribution is 5.61. The lowest BCUT2D eigenvalue weighted by atomic mass is 9.99. The average molecular weight is 355 g/mol. The van der Waals surface area contributed by atoms with Gasteiger partial charge in [0.15, 0.2) is 0 Å². The number of methoxy groups -OCH3 is 1. The number of ether oxygens (including phenoxy) is 1. The van der Waals surface area contributed by atoms with Gasteiger partial charge in [-0.1, -0.05) is 6.92 Å². The fraction of sp³-hybridized carbons (Fsp3) is 0.500. The van der Waals surface area contributed by atoms with Gasteiger partial charge in [0.05, 0.1) is 6.61 Å². The highest BCUT2D eigenvalue weighted by Gasteiger charge is 2.15. The van der Waals surface area contributed by atoms with Crippen molar-refractivity contribution in [3.05, 3.63) is 36.0 Å². The maximum absolute atomic E-state index is 5.05. The van der Waals surface area contributed by atoms with Gasteiger partial charge in [-0.15, -0.1) is 0 Å². The Morgan fingerprint density at radius 2 is 1.88 bits per heavy atom. The second kappa shape index (κ2) is 8.85. The van der Waals surface area contributed by atoms with E-state index < -0.39 is 0 Å². The van der Waals surface area contributed by atoms with E-state index in [1.807, 2.05) is 13.0 Å². The molecule has 1 aliphatic heterocycles. The molecule has 0 aliphatic carbocycles. The summed E-state index contributed by atoms with van der Waals surface area (Å²) in [6.07, 6.45) is 2.55. The third kappa shape index (κ3) is 5.08. The van der Waals surface area contributed by atoms with Gasteiger partial charge in [0, 0.05) is 49.9 Å². The lowest BCUT2D eigenvalue weighted by molar-refractivity contribution is 0.210. The molecular weight excluding hydrogens is 326 g/mol. The summed E-state index contributed by atoms with van der Waals surface area (Å²) in [5.74, 6) is 2.25. The molecule has 6 nitrogen and oxygen atoms in total. The van der Waals surface area contributed by atoms with Crippen LogP contribution in [-0.2, 0) is 4.74 Å². The van der Waals surface area contributed by atoms with Crippen LogP contribution in [0.4, 0.5) is 23.1 Å². The van der Waals surface area contributed by atoms with Crippen LogP contribution in [0.5, 0.6) is 0 Å². The molecule has 0 radical (unpaired) electrons. The molecule has 2 N–H and O–H groups in total. The van der Waals surface area contributed by atoms with Crippen LogP contribution in [0.3, 0.4) is 0 Å². The zero-order valence-electron chi connectivity index (χ0n) is 16.0. The zero-order valence-corrected chi connectivity index (χ0v) is 16.0. The molecule has 0 bridgehead atoms. The Morgan fingerprint density at radius 3 is 2.58 bits per heavy atom. The van der Waals surface area contributed by atoms with Crippen LogP contribution >= 0.6 is 0 Å². The SMILES string of the molecule is COCCNc1nc(C)cc(Nc2ccc(N3CCC(C)CC3)cc2)n1. The summed E-state index contributed by atoms with van der Waals surface area (Å²) in [4.78, 5) is 11.4. The Labute approximate surface area is 156 Å². The van der Waals surface area contributed by atoms with Crippen molar-refractivity contribution in [3.63, 3.8) is 0 Å². The zero-order chi connectivity index (χ0) is 18.4. The molecule has 0 amide bonds. The van der Waals surface area contributed by atoms with Crippen molar-refractivity contribution >= 4 is 23.1 Å². The summed E-state index contributed by atoms with van der Waals surface area (Å²) in [5, 5.41) is 6.55. The standard InChI is InChI=1S/C20H29N5O/c1-15-8-11-25(12-9-15)18-6-4-17(5-7-18)23-19-14-16(2)22-20(24-19)21-10-13-26-3/h4-7,14-15H,8-13H2,1-3H3,(H2,21,22,23,24). The topological polar surface area (TPSA) is 62.3 Å². The highest BCUT2D eigenvalue weighted by atomic mass is 16.5. The van der Waals surface area contributed by atoms with E-state index >= 15 is 0 Å². The third-order valence-electron chi connectivity index (χ3n) is 4.73. The molecule has 1 aromatic carbocycles. The summed E-state index contributed by atoms with van der Waals surface area (Å²) < 4.78 is 5.05. The lowest BCUT2D eigenvalue weighted by Crippen LogP contribution is -2.32. The largest absolute Gasteiger partial charge is 0.383 e. The van der Waals surface area contributed by atoms with E-state index in [-0.39, 0.29) is 0 Å². The number of nitrogens with zero attached hydrogens (tertiary/aromatic N) is 3. The minimum atomic E-state index is 0.614. The van der Waals surface area contributed by atoms with Crippen molar-refractivity contribution in [2.24, 2.45) is 5.92 Å². The normalized spacial score (nSPS) is 15.1. The summed E-state index contributed by atoms with van der Waals surface area (Å²) in [5.41, 5.74) is 3.24. The molecular formula is C20H29N5O. The van der Waals surface area contributed by atoms with Crippen molar-refractivity contribution in [1.82, 2.24) is 9.97 Å². The molecule has 6 heteroatoms. The smallest absolute Gasteiger partial charge is 0.224 e. The summed E-state index contributed by atoms with van der Waals surface area (Å²) in [6.45, 7) is 7.91. The number of hydrogen-bond acceptors (Lipinski definition) is 6. The van der Waals surface area contributed by atoms with Crippen molar-refractivity contribution < 1.29 is 4.74 Å². The van der Waals surface area contributed by atoms with Gasteiger partial charge in [-0.05, 0) is 49.9 Å². The molecule has 26 heavy (non-hydrogen) atoms. The van der Waals surface area contributed by atoms with E-state index in [2.05, 4.69) is 56.7 Å². The Balaban J connectivity index is 1.63. The van der Waals surface area contributed by atoms with Crippen LogP contribution < -0.4 is 15.5 Å². The maximum atomic E-state index is 5.05. The van der Waals surface area contributed by atoms with Crippen LogP contribution in [0.25, 0.3) is 0 Å². The highest BCUT2D eigenvalue weighted by Crippen LogP contribution is 2.25. The second-order valence-corrected chi connectivity index (χ2v) is 6.98. The van der Waals surface area contributed by atoms with E-state index in [1.54, 1.807) is 7.11 Å². The van der Waals surface area contributed by atoms with Gasteiger partial charge in [-0.3, -0.25) is 0 Å². The molecule has 140 valence electrons. The molecule has 2 aromatic rings. The number of hydrogen-bond donors (Lipinski definition) is 2. The first kappa shape index (κ1) is 18.5. The number of rotatable bonds is 7. The molecule has 2 heterocycles. The Bertz CT molecular complexity index is 696. The number of piperidine rings is 1. The minimum absolute atomic E-state index is 0.614. The van der Waals surface area contributed by atoms with Gasteiger partial charge in [-0.2, -0.15) is 4.98 Å². The van der Waals surface area contributed by atoms with E-state index in [1.165, 1.54) is 18.5 Å². The van der Waals surface area contributed by atoms with E-state index in [0.717, 1.165) is 36.2 Å². The van der Waals surface area contributed by atoms with Gasteiger partial charge >= 0.3 is 0 Å². The Kier molecular flexibility index (Phi) is 6.28. The maximum Gasteiger partial charge on any atom is 0.224 e. The van der Waals surface area contributed by atoms with Gasteiger partial charge in [-0.25, -0.2) is 4.98 Å². The average Bonchev–Trinajstić information content (AvgIpc) is 2.63. The summed E-state index contributed by atoms with van der Waals surface area (Å²) in [6, 6.07) is 10.5. The molecule has 0 saturated carbocycles. The predicted molar refractivity (Wildman–Crippen MR) is 107 cm³/mol. The van der Waals surface area contributed by atoms with Gasteiger partial charge in [0.2, 0.25) is 5.95 Å². The molecule has 0 atom stereocenters. The molecule has 3 rings (SSSR count). The number of nitrogens with one attached hydrogen (secondary N) is 2. The Hall–Kier alpha value is -2.34. The van der Waals surface area contributed by atoms with Crippen LogP contribution in [-0.4, -0.2) is 43.3 Å². The van der Waals surface area contributed by atoms with Crippen LogP contribution in [0.2, 0.25) is 0 Å². The fourth-order valence-electron chi connectivity index (χ4n) is 3.15. The molecule has 1 saturated heterocycles. The third-order valence-corrected chi connectivity index (χ3v) is 4.73. The van der Waals surface area contributed by atoms with Gasteiger partial charge in [0.25, 0.3) is 0 Å². The quantitative estimate of drug-likeness (QED) is 0.736. The number of benzene rings is 1. The first-order chi connectivity index (χ1) is 12.6. The van der Waals surface area contributed by atoms with Crippen molar-refractivity contribution in [1.29, 1.82) is 0 Å². The molecule has 0 unspecified atom stereocenters. The van der Waals surface area contributed by atoms with Crippen molar-refractivity contribution in [3.8, 4) is 0 Å². The lowest BCUT2D eigenvalue weighted by Gasteiger charge is -2.32. The molecule has 1 fully saturated rings. The Morgan fingerprint density at radius 1 is 1.15 bits per heavy atom. The number of aryl methyl sites for hydroxylation is 1. The van der Waals surface area contributed by atoms with Crippen LogP contribution in [0.15, 0.2) is 30.3 Å². The molecule has 1 aliphatic rings. The summed E-state index contributed by atoms with van der Waals surface area (Å²) >= 11 is 0.